The third kappa shape index (κ3) is 2.25. The molecule has 0 spiro atoms. The van der Waals surface area contributed by atoms with Crippen LogP contribution in [0.1, 0.15) is 12.5 Å². The monoisotopic (exact) mass is 236 g/mol. The molecule has 1 aromatic carbocycles. The van der Waals surface area contributed by atoms with Crippen molar-refractivity contribution in [2.45, 2.75) is 13.8 Å². The number of nitrogens with zero attached hydrogens (tertiary/aromatic N) is 1. The molecule has 2 rings (SSSR count). The summed E-state index contributed by atoms with van der Waals surface area (Å²) in [7, 11) is 0. The summed E-state index contributed by atoms with van der Waals surface area (Å²) in [6.45, 7) is 5.18. The fourth-order valence-corrected chi connectivity index (χ4v) is 2.37. The van der Waals surface area contributed by atoms with Gasteiger partial charge in [-0.05, 0) is 36.6 Å². The van der Waals surface area contributed by atoms with E-state index in [4.69, 9.17) is 5.73 Å². The van der Waals surface area contributed by atoms with Crippen LogP contribution in [0, 0.1) is 24.6 Å². The molecule has 0 aromatic heterocycles. The van der Waals surface area contributed by atoms with Crippen molar-refractivity contribution in [1.82, 2.24) is 0 Å². The van der Waals surface area contributed by atoms with Gasteiger partial charge in [-0.1, -0.05) is 6.92 Å². The Morgan fingerprint density at radius 3 is 2.71 bits per heavy atom. The van der Waals surface area contributed by atoms with Gasteiger partial charge in [0, 0.05) is 18.8 Å². The normalized spacial score (nSPS) is 24.1. The van der Waals surface area contributed by atoms with Crippen LogP contribution in [-0.2, 0) is 4.79 Å². The van der Waals surface area contributed by atoms with Crippen LogP contribution in [0.25, 0.3) is 0 Å². The van der Waals surface area contributed by atoms with Gasteiger partial charge in [0.1, 0.15) is 5.82 Å². The van der Waals surface area contributed by atoms with E-state index in [-0.39, 0.29) is 23.6 Å². The highest BCUT2D eigenvalue weighted by molar-refractivity contribution is 5.78. The zero-order chi connectivity index (χ0) is 12.6. The van der Waals surface area contributed by atoms with Crippen LogP contribution < -0.4 is 10.6 Å². The van der Waals surface area contributed by atoms with E-state index in [2.05, 4.69) is 4.90 Å². The fourth-order valence-electron chi connectivity index (χ4n) is 2.37. The maximum absolute atomic E-state index is 13.2. The lowest BCUT2D eigenvalue weighted by atomic mass is 9.98. The number of amides is 1. The average molecular weight is 236 g/mol. The Morgan fingerprint density at radius 2 is 2.18 bits per heavy atom. The largest absolute Gasteiger partial charge is 0.370 e. The average Bonchev–Trinajstić information content (AvgIpc) is 2.64. The van der Waals surface area contributed by atoms with Gasteiger partial charge >= 0.3 is 0 Å². The third-order valence-electron chi connectivity index (χ3n) is 3.48. The number of rotatable bonds is 2. The molecule has 4 heteroatoms. The minimum absolute atomic E-state index is 0.111. The summed E-state index contributed by atoms with van der Waals surface area (Å²) < 4.78 is 13.2. The molecule has 2 N–H and O–H groups in total. The Hall–Kier alpha value is -1.58. The summed E-state index contributed by atoms with van der Waals surface area (Å²) in [6, 6.07) is 5.02. The van der Waals surface area contributed by atoms with Crippen LogP contribution in [-0.4, -0.2) is 19.0 Å². The number of hydrogen-bond donors (Lipinski definition) is 1. The second-order valence-electron chi connectivity index (χ2n) is 4.82. The molecule has 0 bridgehead atoms. The van der Waals surface area contributed by atoms with Gasteiger partial charge in [-0.3, -0.25) is 4.79 Å². The Morgan fingerprint density at radius 1 is 1.47 bits per heavy atom. The van der Waals surface area contributed by atoms with Gasteiger partial charge in [0.05, 0.1) is 5.92 Å². The van der Waals surface area contributed by atoms with Crippen LogP contribution in [0.5, 0.6) is 0 Å². The van der Waals surface area contributed by atoms with Crippen molar-refractivity contribution in [1.29, 1.82) is 0 Å². The smallest absolute Gasteiger partial charge is 0.222 e. The first-order valence-corrected chi connectivity index (χ1v) is 5.79. The standard InChI is InChI=1S/C13H17FN2O/c1-8-5-10(3-4-12(8)14)16-6-9(2)11(7-16)13(15)17/h3-5,9,11H,6-7H2,1-2H3,(H2,15,17). The van der Waals surface area contributed by atoms with Gasteiger partial charge in [0.2, 0.25) is 5.91 Å². The van der Waals surface area contributed by atoms with Gasteiger partial charge in [0.25, 0.3) is 0 Å². The number of primary amides is 1. The number of aryl methyl sites for hydroxylation is 1. The summed E-state index contributed by atoms with van der Waals surface area (Å²) in [4.78, 5) is 13.3. The van der Waals surface area contributed by atoms with E-state index in [0.717, 1.165) is 12.2 Å². The Bertz CT molecular complexity index is 447. The van der Waals surface area contributed by atoms with Crippen molar-refractivity contribution in [3.05, 3.63) is 29.6 Å². The van der Waals surface area contributed by atoms with Crippen molar-refractivity contribution >= 4 is 11.6 Å². The topological polar surface area (TPSA) is 46.3 Å². The van der Waals surface area contributed by atoms with E-state index >= 15 is 0 Å². The van der Waals surface area contributed by atoms with Gasteiger partial charge in [-0.2, -0.15) is 0 Å². The highest BCUT2D eigenvalue weighted by Gasteiger charge is 2.33. The molecule has 0 radical (unpaired) electrons. The molecule has 1 amide bonds. The molecular weight excluding hydrogens is 219 g/mol. The third-order valence-corrected chi connectivity index (χ3v) is 3.48. The SMILES string of the molecule is Cc1cc(N2CC(C)C(C(N)=O)C2)ccc1F. The Balaban J connectivity index is 2.19. The minimum Gasteiger partial charge on any atom is -0.370 e. The predicted octanol–water partition coefficient (Wildman–Crippen LogP) is 1.69. The van der Waals surface area contributed by atoms with E-state index in [1.54, 1.807) is 13.0 Å². The quantitative estimate of drug-likeness (QED) is 0.849. The number of benzene rings is 1. The van der Waals surface area contributed by atoms with E-state index < -0.39 is 0 Å². The number of carbonyl (C=O) groups excluding carboxylic acids is 1. The van der Waals surface area contributed by atoms with Gasteiger partial charge < -0.3 is 10.6 Å². The highest BCUT2D eigenvalue weighted by Crippen LogP contribution is 2.28. The Labute approximate surface area is 100 Å². The molecule has 3 nitrogen and oxygen atoms in total. The van der Waals surface area contributed by atoms with Crippen molar-refractivity contribution in [2.75, 3.05) is 18.0 Å². The molecular formula is C13H17FN2O. The van der Waals surface area contributed by atoms with Gasteiger partial charge in [-0.15, -0.1) is 0 Å². The van der Waals surface area contributed by atoms with Crippen LogP contribution in [0.3, 0.4) is 0 Å². The van der Waals surface area contributed by atoms with E-state index in [0.29, 0.717) is 12.1 Å². The number of nitrogens with two attached hydrogens (primary N) is 1. The molecule has 1 heterocycles. The molecule has 1 aliphatic heterocycles. The van der Waals surface area contributed by atoms with Crippen LogP contribution in [0.4, 0.5) is 10.1 Å². The molecule has 1 saturated heterocycles. The first kappa shape index (κ1) is 11.9. The number of carbonyl (C=O) groups is 1. The lowest BCUT2D eigenvalue weighted by Gasteiger charge is -2.18. The zero-order valence-corrected chi connectivity index (χ0v) is 10.1. The van der Waals surface area contributed by atoms with Gasteiger partial charge in [0.15, 0.2) is 0 Å². The molecule has 2 unspecified atom stereocenters. The molecule has 17 heavy (non-hydrogen) atoms. The minimum atomic E-state index is -0.251. The van der Waals surface area contributed by atoms with Crippen molar-refractivity contribution in [3.63, 3.8) is 0 Å². The number of halogens is 1. The second kappa shape index (κ2) is 4.35. The molecule has 1 aliphatic rings. The van der Waals surface area contributed by atoms with Crippen molar-refractivity contribution in [2.24, 2.45) is 17.6 Å². The molecule has 1 aromatic rings. The molecule has 0 aliphatic carbocycles. The van der Waals surface area contributed by atoms with Crippen LogP contribution in [0.15, 0.2) is 18.2 Å². The molecule has 92 valence electrons. The maximum Gasteiger partial charge on any atom is 0.222 e. The van der Waals surface area contributed by atoms with Gasteiger partial charge in [-0.25, -0.2) is 4.39 Å². The summed E-state index contributed by atoms with van der Waals surface area (Å²) in [5.41, 5.74) is 6.94. The molecule has 0 saturated carbocycles. The van der Waals surface area contributed by atoms with E-state index in [9.17, 15) is 9.18 Å². The second-order valence-corrected chi connectivity index (χ2v) is 4.82. The fraction of sp³-hybridized carbons (Fsp3) is 0.462. The summed E-state index contributed by atoms with van der Waals surface area (Å²) in [5, 5.41) is 0. The number of hydrogen-bond acceptors (Lipinski definition) is 2. The maximum atomic E-state index is 13.2. The summed E-state index contributed by atoms with van der Waals surface area (Å²) in [6.07, 6.45) is 0. The Kier molecular flexibility index (Phi) is 3.05. The van der Waals surface area contributed by atoms with Crippen LogP contribution in [0.2, 0.25) is 0 Å². The predicted molar refractivity (Wildman–Crippen MR) is 65.2 cm³/mol. The van der Waals surface area contributed by atoms with E-state index in [1.165, 1.54) is 6.07 Å². The summed E-state index contributed by atoms with van der Waals surface area (Å²) >= 11 is 0. The van der Waals surface area contributed by atoms with Crippen molar-refractivity contribution in [3.8, 4) is 0 Å². The molecule has 1 fully saturated rings. The lowest BCUT2D eigenvalue weighted by Crippen LogP contribution is -2.29. The number of anilines is 1. The van der Waals surface area contributed by atoms with Crippen LogP contribution >= 0.6 is 0 Å². The first-order valence-electron chi connectivity index (χ1n) is 5.79. The lowest BCUT2D eigenvalue weighted by molar-refractivity contribution is -0.122. The zero-order valence-electron chi connectivity index (χ0n) is 10.1. The summed E-state index contributed by atoms with van der Waals surface area (Å²) in [5.74, 6) is -0.315. The van der Waals surface area contributed by atoms with E-state index in [1.807, 2.05) is 13.0 Å². The molecule has 2 atom stereocenters. The first-order chi connectivity index (χ1) is 7.99. The highest BCUT2D eigenvalue weighted by atomic mass is 19.1. The van der Waals surface area contributed by atoms with Crippen molar-refractivity contribution < 1.29 is 9.18 Å².